The van der Waals surface area contributed by atoms with Crippen molar-refractivity contribution in [3.05, 3.63) is 95.3 Å². The third-order valence-corrected chi connectivity index (χ3v) is 5.58. The number of methoxy groups -OCH3 is 2. The quantitative estimate of drug-likeness (QED) is 0.345. The maximum atomic E-state index is 5.49. The molecule has 0 spiro atoms. The van der Waals surface area contributed by atoms with Crippen molar-refractivity contribution in [2.45, 2.75) is 26.3 Å². The molecule has 3 aromatic carbocycles. The Morgan fingerprint density at radius 2 is 1.67 bits per heavy atom. The van der Waals surface area contributed by atoms with E-state index < -0.39 is 0 Å². The van der Waals surface area contributed by atoms with E-state index in [1.807, 2.05) is 25.1 Å². The zero-order chi connectivity index (χ0) is 23.2. The van der Waals surface area contributed by atoms with Gasteiger partial charge in [0.25, 0.3) is 0 Å². The van der Waals surface area contributed by atoms with E-state index in [0.29, 0.717) is 17.3 Å². The van der Waals surface area contributed by atoms with E-state index in [-0.39, 0.29) is 6.04 Å². The van der Waals surface area contributed by atoms with Crippen molar-refractivity contribution < 1.29 is 9.47 Å². The van der Waals surface area contributed by atoms with Gasteiger partial charge in [-0.1, -0.05) is 60.7 Å². The Hall–Kier alpha value is -3.86. The Bertz CT molecular complexity index is 1270. The molecular weight excluding hydrogens is 410 g/mol. The summed E-state index contributed by atoms with van der Waals surface area (Å²) in [6.45, 7) is 4.03. The minimum Gasteiger partial charge on any atom is -0.493 e. The summed E-state index contributed by atoms with van der Waals surface area (Å²) in [5, 5.41) is 4.46. The van der Waals surface area contributed by atoms with Crippen molar-refractivity contribution in [3.8, 4) is 11.5 Å². The molecule has 0 bridgehead atoms. The van der Waals surface area contributed by atoms with Gasteiger partial charge in [0.2, 0.25) is 0 Å². The number of allylic oxidation sites excluding steroid dienone is 1. The molecule has 0 radical (unpaired) electrons. The highest BCUT2D eigenvalue weighted by molar-refractivity contribution is 5.92. The molecule has 168 valence electrons. The molecule has 0 saturated carbocycles. The number of aromatic nitrogens is 2. The van der Waals surface area contributed by atoms with Crippen molar-refractivity contribution in [3.63, 3.8) is 0 Å². The van der Waals surface area contributed by atoms with Gasteiger partial charge < -0.3 is 14.8 Å². The third kappa shape index (κ3) is 5.32. The van der Waals surface area contributed by atoms with E-state index in [1.165, 1.54) is 16.7 Å². The number of hydrogen-bond donors (Lipinski definition) is 1. The van der Waals surface area contributed by atoms with Gasteiger partial charge in [0.1, 0.15) is 11.6 Å². The van der Waals surface area contributed by atoms with Crippen LogP contribution in [0.2, 0.25) is 0 Å². The van der Waals surface area contributed by atoms with E-state index in [0.717, 1.165) is 23.1 Å². The number of rotatable bonds is 8. The number of aryl methyl sites for hydroxylation is 1. The van der Waals surface area contributed by atoms with E-state index in [4.69, 9.17) is 9.47 Å². The predicted octanol–water partition coefficient (Wildman–Crippen LogP) is 6.38. The van der Waals surface area contributed by atoms with Gasteiger partial charge in [-0.15, -0.1) is 0 Å². The molecule has 5 heteroatoms. The second-order valence-corrected chi connectivity index (χ2v) is 7.97. The first-order chi connectivity index (χ1) is 16.1. The lowest BCUT2D eigenvalue weighted by Gasteiger charge is -2.18. The van der Waals surface area contributed by atoms with Crippen molar-refractivity contribution in [1.29, 1.82) is 0 Å². The molecule has 1 aromatic heterocycles. The average molecular weight is 440 g/mol. The molecule has 4 aromatic rings. The van der Waals surface area contributed by atoms with Gasteiger partial charge in [-0.25, -0.2) is 9.97 Å². The summed E-state index contributed by atoms with van der Waals surface area (Å²) in [7, 11) is 3.26. The third-order valence-electron chi connectivity index (χ3n) is 5.58. The zero-order valence-electron chi connectivity index (χ0n) is 19.5. The molecule has 5 nitrogen and oxygen atoms in total. The van der Waals surface area contributed by atoms with Gasteiger partial charge in [0, 0.05) is 17.5 Å². The SMILES string of the molecule is COc1cc2nc(C)nc(N[C@H](C)c3cccc(/C=C/Cc4ccccc4)c3)c2cc1OC. The van der Waals surface area contributed by atoms with Crippen molar-refractivity contribution >= 4 is 22.8 Å². The van der Waals surface area contributed by atoms with Crippen LogP contribution in [0.15, 0.2) is 72.8 Å². The molecule has 0 aliphatic carbocycles. The number of hydrogen-bond acceptors (Lipinski definition) is 5. The first kappa shape index (κ1) is 22.3. The van der Waals surface area contributed by atoms with Crippen LogP contribution in [0.1, 0.15) is 35.5 Å². The fourth-order valence-corrected chi connectivity index (χ4v) is 3.85. The highest BCUT2D eigenvalue weighted by atomic mass is 16.5. The van der Waals surface area contributed by atoms with Crippen molar-refractivity contribution in [1.82, 2.24) is 9.97 Å². The van der Waals surface area contributed by atoms with Crippen LogP contribution in [-0.4, -0.2) is 24.2 Å². The Morgan fingerprint density at radius 1 is 0.909 bits per heavy atom. The molecule has 1 atom stereocenters. The molecule has 0 amide bonds. The van der Waals surface area contributed by atoms with Gasteiger partial charge in [-0.2, -0.15) is 0 Å². The van der Waals surface area contributed by atoms with E-state index in [2.05, 4.69) is 82.9 Å². The maximum absolute atomic E-state index is 5.49. The predicted molar refractivity (Wildman–Crippen MR) is 135 cm³/mol. The molecule has 1 N–H and O–H groups in total. The summed E-state index contributed by atoms with van der Waals surface area (Å²) in [5.74, 6) is 2.77. The highest BCUT2D eigenvalue weighted by Gasteiger charge is 2.14. The largest absolute Gasteiger partial charge is 0.493 e. The molecule has 0 aliphatic rings. The van der Waals surface area contributed by atoms with E-state index >= 15 is 0 Å². The summed E-state index contributed by atoms with van der Waals surface area (Å²) in [6, 6.07) is 22.9. The van der Waals surface area contributed by atoms with Crippen molar-refractivity contribution in [2.24, 2.45) is 0 Å². The monoisotopic (exact) mass is 439 g/mol. The lowest BCUT2D eigenvalue weighted by Crippen LogP contribution is -2.10. The second-order valence-electron chi connectivity index (χ2n) is 7.97. The molecule has 0 saturated heterocycles. The van der Waals surface area contributed by atoms with Crippen LogP contribution < -0.4 is 14.8 Å². The van der Waals surface area contributed by atoms with Gasteiger partial charge in [-0.05, 0) is 49.1 Å². The fourth-order valence-electron chi connectivity index (χ4n) is 3.85. The lowest BCUT2D eigenvalue weighted by atomic mass is 10.0. The number of anilines is 1. The average Bonchev–Trinajstić information content (AvgIpc) is 2.84. The molecule has 1 heterocycles. The van der Waals surface area contributed by atoms with Gasteiger partial charge in [0.15, 0.2) is 11.5 Å². The smallest absolute Gasteiger partial charge is 0.162 e. The van der Waals surface area contributed by atoms with E-state index in [1.54, 1.807) is 14.2 Å². The molecular formula is C28H29N3O2. The normalized spacial score (nSPS) is 12.1. The zero-order valence-corrected chi connectivity index (χ0v) is 19.5. The summed E-state index contributed by atoms with van der Waals surface area (Å²) in [6.07, 6.45) is 5.29. The minimum absolute atomic E-state index is 0.0538. The lowest BCUT2D eigenvalue weighted by molar-refractivity contribution is 0.356. The molecule has 0 unspecified atom stereocenters. The topological polar surface area (TPSA) is 56.3 Å². The number of fused-ring (bicyclic) bond motifs is 1. The minimum atomic E-state index is 0.0538. The second kappa shape index (κ2) is 10.2. The van der Waals surface area contributed by atoms with Crippen LogP contribution in [0.25, 0.3) is 17.0 Å². The number of benzene rings is 3. The maximum Gasteiger partial charge on any atom is 0.162 e. The summed E-state index contributed by atoms with van der Waals surface area (Å²) < 4.78 is 10.9. The molecule has 0 fully saturated rings. The number of ether oxygens (including phenoxy) is 2. The van der Waals surface area contributed by atoms with Crippen LogP contribution in [0, 0.1) is 6.92 Å². The first-order valence-electron chi connectivity index (χ1n) is 11.0. The van der Waals surface area contributed by atoms with Crippen LogP contribution in [-0.2, 0) is 6.42 Å². The number of nitrogens with one attached hydrogen (secondary N) is 1. The van der Waals surface area contributed by atoms with E-state index in [9.17, 15) is 0 Å². The summed E-state index contributed by atoms with van der Waals surface area (Å²) >= 11 is 0. The molecule has 33 heavy (non-hydrogen) atoms. The Kier molecular flexibility index (Phi) is 6.89. The summed E-state index contributed by atoms with van der Waals surface area (Å²) in [4.78, 5) is 9.25. The number of nitrogens with zero attached hydrogens (tertiary/aromatic N) is 2. The fraction of sp³-hybridized carbons (Fsp3) is 0.214. The van der Waals surface area contributed by atoms with Crippen LogP contribution in [0.3, 0.4) is 0 Å². The Labute approximate surface area is 195 Å². The molecule has 4 rings (SSSR count). The Balaban J connectivity index is 1.57. The molecule has 0 aliphatic heterocycles. The van der Waals surface area contributed by atoms with Gasteiger partial charge in [-0.3, -0.25) is 0 Å². The Morgan fingerprint density at radius 3 is 2.42 bits per heavy atom. The standard InChI is InChI=1S/C28H29N3O2/c1-19(23-15-9-14-22(16-23)13-8-12-21-10-6-5-7-11-21)29-28-24-17-26(32-3)27(33-4)18-25(24)30-20(2)31-28/h5-11,13-19H,12H2,1-4H3,(H,29,30,31)/b13-8+/t19-/m1/s1. The van der Waals surface area contributed by atoms with Crippen LogP contribution in [0.5, 0.6) is 11.5 Å². The van der Waals surface area contributed by atoms with Gasteiger partial charge in [0.05, 0.1) is 19.7 Å². The summed E-state index contributed by atoms with van der Waals surface area (Å²) in [5.41, 5.74) is 4.47. The first-order valence-corrected chi connectivity index (χ1v) is 11.0. The van der Waals surface area contributed by atoms with Crippen LogP contribution >= 0.6 is 0 Å². The van der Waals surface area contributed by atoms with Crippen molar-refractivity contribution in [2.75, 3.05) is 19.5 Å². The van der Waals surface area contributed by atoms with Crippen LogP contribution in [0.4, 0.5) is 5.82 Å². The van der Waals surface area contributed by atoms with Gasteiger partial charge >= 0.3 is 0 Å². The highest BCUT2D eigenvalue weighted by Crippen LogP contribution is 2.35.